The number of amides is 1. The molecule has 2 aromatic heterocycles. The van der Waals surface area contributed by atoms with Crippen molar-refractivity contribution in [1.82, 2.24) is 20.2 Å². The lowest BCUT2D eigenvalue weighted by Crippen LogP contribution is -2.40. The zero-order valence-corrected chi connectivity index (χ0v) is 16.3. The first kappa shape index (κ1) is 18.1. The van der Waals surface area contributed by atoms with Crippen molar-refractivity contribution in [3.8, 4) is 11.4 Å². The second-order valence-electron chi connectivity index (χ2n) is 7.89. The maximum atomic E-state index is 12.3. The van der Waals surface area contributed by atoms with Crippen LogP contribution < -0.4 is 15.5 Å². The fourth-order valence-electron chi connectivity index (χ4n) is 4.19. The lowest BCUT2D eigenvalue weighted by molar-refractivity contribution is -0.119. The van der Waals surface area contributed by atoms with Crippen molar-refractivity contribution in [2.45, 2.75) is 38.1 Å². The Labute approximate surface area is 169 Å². The molecule has 0 radical (unpaired) electrons. The summed E-state index contributed by atoms with van der Waals surface area (Å²) in [6.07, 6.45) is 8.09. The molecule has 2 aliphatic heterocycles. The van der Waals surface area contributed by atoms with Gasteiger partial charge < -0.3 is 15.5 Å². The van der Waals surface area contributed by atoms with Crippen LogP contribution in [0.3, 0.4) is 0 Å². The molecule has 8 nitrogen and oxygen atoms in total. The lowest BCUT2D eigenvalue weighted by atomic mass is 10.1. The number of hydrogen-bond donors (Lipinski definition) is 2. The van der Waals surface area contributed by atoms with Crippen LogP contribution in [0.25, 0.3) is 22.3 Å². The molecule has 0 saturated carbocycles. The molecule has 1 amide bonds. The van der Waals surface area contributed by atoms with E-state index in [1.165, 1.54) is 0 Å². The Kier molecular flexibility index (Phi) is 4.63. The largest absolute Gasteiger partial charge is 0.355 e. The van der Waals surface area contributed by atoms with Crippen LogP contribution in [0.15, 0.2) is 30.6 Å². The normalized spacial score (nSPS) is 18.6. The first-order valence-corrected chi connectivity index (χ1v) is 10.3. The highest BCUT2D eigenvalue weighted by molar-refractivity contribution is 5.99. The Bertz CT molecular complexity index is 1040. The van der Waals surface area contributed by atoms with Crippen molar-refractivity contribution in [1.29, 1.82) is 0 Å². The van der Waals surface area contributed by atoms with Gasteiger partial charge in [-0.2, -0.15) is 5.10 Å². The van der Waals surface area contributed by atoms with Gasteiger partial charge in [-0.3, -0.25) is 14.9 Å². The number of nitrogens with two attached hydrogens (primary N) is 1. The quantitative estimate of drug-likeness (QED) is 0.711. The van der Waals surface area contributed by atoms with Gasteiger partial charge in [-0.15, -0.1) is 0 Å². The molecular formula is C21H25N7O. The number of fused-ring (bicyclic) bond motifs is 1. The second kappa shape index (κ2) is 7.44. The summed E-state index contributed by atoms with van der Waals surface area (Å²) in [4.78, 5) is 25.7. The number of aromatic nitrogens is 4. The van der Waals surface area contributed by atoms with Gasteiger partial charge in [0, 0.05) is 43.2 Å². The Morgan fingerprint density at radius 2 is 1.97 bits per heavy atom. The van der Waals surface area contributed by atoms with Gasteiger partial charge in [-0.05, 0) is 43.9 Å². The minimum Gasteiger partial charge on any atom is -0.355 e. The standard InChI is InChI=1S/C21H25N7O/c22-14-6-9-27(10-7-14)19-13-23-12-18(24-19)21-16-11-15(4-5-17(16)25-26-21)28-8-2-1-3-20(28)29/h4-5,11-14H,1-3,6-10,22H2,(H,25,26). The predicted octanol–water partition coefficient (Wildman–Crippen LogP) is 2.46. The van der Waals surface area contributed by atoms with Crippen molar-refractivity contribution in [2.24, 2.45) is 5.73 Å². The Morgan fingerprint density at radius 1 is 1.10 bits per heavy atom. The van der Waals surface area contributed by atoms with E-state index in [4.69, 9.17) is 10.7 Å². The summed E-state index contributed by atoms with van der Waals surface area (Å²) in [5.74, 6) is 1.04. The van der Waals surface area contributed by atoms with Gasteiger partial charge in [0.05, 0.1) is 17.9 Å². The number of anilines is 2. The molecule has 2 aliphatic rings. The monoisotopic (exact) mass is 391 g/mol. The summed E-state index contributed by atoms with van der Waals surface area (Å²) in [6, 6.07) is 6.26. The van der Waals surface area contributed by atoms with Gasteiger partial charge in [-0.1, -0.05) is 0 Å². The highest BCUT2D eigenvalue weighted by Crippen LogP contribution is 2.31. The summed E-state index contributed by atoms with van der Waals surface area (Å²) in [7, 11) is 0. The molecule has 0 aliphatic carbocycles. The van der Waals surface area contributed by atoms with E-state index in [0.717, 1.165) is 79.1 Å². The number of benzene rings is 1. The maximum Gasteiger partial charge on any atom is 0.226 e. The lowest BCUT2D eigenvalue weighted by Gasteiger charge is -2.30. The number of nitrogens with one attached hydrogen (secondary N) is 1. The maximum absolute atomic E-state index is 12.3. The van der Waals surface area contributed by atoms with Gasteiger partial charge in [0.1, 0.15) is 17.2 Å². The van der Waals surface area contributed by atoms with Crippen LogP contribution in [-0.2, 0) is 4.79 Å². The zero-order valence-electron chi connectivity index (χ0n) is 16.3. The molecule has 0 spiro atoms. The molecule has 2 saturated heterocycles. The smallest absolute Gasteiger partial charge is 0.226 e. The molecular weight excluding hydrogens is 366 g/mol. The fraction of sp³-hybridized carbons (Fsp3) is 0.429. The predicted molar refractivity (Wildman–Crippen MR) is 113 cm³/mol. The van der Waals surface area contributed by atoms with E-state index in [0.29, 0.717) is 6.42 Å². The van der Waals surface area contributed by atoms with E-state index in [2.05, 4.69) is 20.1 Å². The van der Waals surface area contributed by atoms with E-state index in [1.54, 1.807) is 12.4 Å². The summed E-state index contributed by atoms with van der Waals surface area (Å²) in [5.41, 5.74) is 9.35. The molecule has 5 rings (SSSR count). The van der Waals surface area contributed by atoms with Gasteiger partial charge in [0.2, 0.25) is 5.91 Å². The van der Waals surface area contributed by atoms with Crippen molar-refractivity contribution in [2.75, 3.05) is 29.4 Å². The molecule has 29 heavy (non-hydrogen) atoms. The third-order valence-electron chi connectivity index (χ3n) is 5.91. The van der Waals surface area contributed by atoms with Crippen molar-refractivity contribution in [3.63, 3.8) is 0 Å². The summed E-state index contributed by atoms with van der Waals surface area (Å²) >= 11 is 0. The van der Waals surface area contributed by atoms with E-state index < -0.39 is 0 Å². The van der Waals surface area contributed by atoms with Crippen molar-refractivity contribution in [3.05, 3.63) is 30.6 Å². The minimum atomic E-state index is 0.186. The van der Waals surface area contributed by atoms with Crippen LogP contribution >= 0.6 is 0 Å². The van der Waals surface area contributed by atoms with E-state index in [-0.39, 0.29) is 11.9 Å². The summed E-state index contributed by atoms with van der Waals surface area (Å²) < 4.78 is 0. The summed E-state index contributed by atoms with van der Waals surface area (Å²) in [6.45, 7) is 2.55. The van der Waals surface area contributed by atoms with Gasteiger partial charge in [0.15, 0.2) is 0 Å². The average molecular weight is 391 g/mol. The number of carbonyl (C=O) groups excluding carboxylic acids is 1. The first-order chi connectivity index (χ1) is 14.2. The number of H-pyrrole nitrogens is 1. The van der Waals surface area contributed by atoms with Crippen LogP contribution in [0, 0.1) is 0 Å². The SMILES string of the molecule is NC1CCN(c2cncc(-c3n[nH]c4ccc(N5CCCCC5=O)cc34)n2)CC1. The van der Waals surface area contributed by atoms with Crippen LogP contribution in [0.4, 0.5) is 11.5 Å². The van der Waals surface area contributed by atoms with Gasteiger partial charge >= 0.3 is 0 Å². The fourth-order valence-corrected chi connectivity index (χ4v) is 4.19. The van der Waals surface area contributed by atoms with Crippen LogP contribution in [0.2, 0.25) is 0 Å². The zero-order chi connectivity index (χ0) is 19.8. The third-order valence-corrected chi connectivity index (χ3v) is 5.91. The molecule has 150 valence electrons. The molecule has 0 unspecified atom stereocenters. The summed E-state index contributed by atoms with van der Waals surface area (Å²) in [5, 5.41) is 8.53. The van der Waals surface area contributed by atoms with Crippen LogP contribution in [0.5, 0.6) is 0 Å². The van der Waals surface area contributed by atoms with E-state index >= 15 is 0 Å². The molecule has 2 fully saturated rings. The number of piperidine rings is 2. The van der Waals surface area contributed by atoms with E-state index in [9.17, 15) is 4.79 Å². The van der Waals surface area contributed by atoms with Gasteiger partial charge in [0.25, 0.3) is 0 Å². The number of aromatic amines is 1. The first-order valence-electron chi connectivity index (χ1n) is 10.3. The topological polar surface area (TPSA) is 104 Å². The van der Waals surface area contributed by atoms with Gasteiger partial charge in [-0.25, -0.2) is 4.98 Å². The van der Waals surface area contributed by atoms with Crippen LogP contribution in [-0.4, -0.2) is 51.7 Å². The Morgan fingerprint density at radius 3 is 2.79 bits per heavy atom. The molecule has 3 aromatic rings. The van der Waals surface area contributed by atoms with Crippen molar-refractivity contribution >= 4 is 28.3 Å². The van der Waals surface area contributed by atoms with Crippen molar-refractivity contribution < 1.29 is 4.79 Å². The van der Waals surface area contributed by atoms with E-state index in [1.807, 2.05) is 23.1 Å². The Balaban J connectivity index is 1.49. The number of rotatable bonds is 3. The average Bonchev–Trinajstić information content (AvgIpc) is 3.18. The second-order valence-corrected chi connectivity index (χ2v) is 7.89. The molecule has 0 bridgehead atoms. The molecule has 4 heterocycles. The number of carbonyl (C=O) groups is 1. The number of hydrogen-bond acceptors (Lipinski definition) is 6. The molecule has 8 heteroatoms. The molecule has 0 atom stereocenters. The highest BCUT2D eigenvalue weighted by Gasteiger charge is 2.22. The highest BCUT2D eigenvalue weighted by atomic mass is 16.2. The number of nitrogens with zero attached hydrogens (tertiary/aromatic N) is 5. The Hall–Kier alpha value is -3.00. The third kappa shape index (κ3) is 3.44. The van der Waals surface area contributed by atoms with Crippen LogP contribution in [0.1, 0.15) is 32.1 Å². The molecule has 1 aromatic carbocycles. The minimum absolute atomic E-state index is 0.186. The molecule has 3 N–H and O–H groups in total.